The summed E-state index contributed by atoms with van der Waals surface area (Å²) in [5, 5.41) is 0.833. The molecule has 1 rings (SSSR count). The van der Waals surface area contributed by atoms with Gasteiger partial charge in [0.05, 0.1) is 0 Å². The zero-order valence-corrected chi connectivity index (χ0v) is 12.5. The fraction of sp³-hybridized carbons (Fsp3) is 1.00. The lowest BCUT2D eigenvalue weighted by atomic mass is 9.94. The van der Waals surface area contributed by atoms with Crippen LogP contribution in [0.2, 0.25) is 0 Å². The molecular formula is C14H30N2S. The minimum absolute atomic E-state index is 0.833. The van der Waals surface area contributed by atoms with Crippen LogP contribution in [0.3, 0.4) is 0 Å². The Morgan fingerprint density at radius 3 is 2.82 bits per heavy atom. The number of rotatable bonds is 8. The first-order valence-electron chi connectivity index (χ1n) is 7.30. The largest absolute Gasteiger partial charge is 0.330 e. The fourth-order valence-corrected chi connectivity index (χ4v) is 3.86. The predicted molar refractivity (Wildman–Crippen MR) is 79.7 cm³/mol. The Kier molecular flexibility index (Phi) is 8.33. The maximum atomic E-state index is 5.68. The number of thioether (sulfide) groups is 1. The number of hydrogen-bond donors (Lipinski definition) is 1. The monoisotopic (exact) mass is 258 g/mol. The third-order valence-electron chi connectivity index (χ3n) is 3.68. The molecule has 0 aromatic heterocycles. The first kappa shape index (κ1) is 15.3. The van der Waals surface area contributed by atoms with E-state index in [2.05, 4.69) is 30.5 Å². The van der Waals surface area contributed by atoms with E-state index >= 15 is 0 Å². The highest BCUT2D eigenvalue weighted by atomic mass is 32.2. The molecule has 2 unspecified atom stereocenters. The SMILES string of the molecule is CCCC(CCN)CCCN1CCSC(C)C1. The Hall–Kier alpha value is 0.270. The zero-order valence-electron chi connectivity index (χ0n) is 11.7. The third-order valence-corrected chi connectivity index (χ3v) is 4.82. The summed E-state index contributed by atoms with van der Waals surface area (Å²) in [4.78, 5) is 2.65. The van der Waals surface area contributed by atoms with E-state index < -0.39 is 0 Å². The molecule has 1 fully saturated rings. The summed E-state index contributed by atoms with van der Waals surface area (Å²) in [6.07, 6.45) is 6.64. The second-order valence-electron chi connectivity index (χ2n) is 5.36. The van der Waals surface area contributed by atoms with Crippen LogP contribution in [0, 0.1) is 5.92 Å². The van der Waals surface area contributed by atoms with E-state index in [0.717, 1.165) is 17.7 Å². The molecule has 0 bridgehead atoms. The van der Waals surface area contributed by atoms with E-state index in [4.69, 9.17) is 5.73 Å². The molecule has 0 amide bonds. The topological polar surface area (TPSA) is 29.3 Å². The molecule has 2 atom stereocenters. The molecule has 0 aliphatic carbocycles. The van der Waals surface area contributed by atoms with E-state index in [1.54, 1.807) is 0 Å². The second-order valence-corrected chi connectivity index (χ2v) is 6.90. The van der Waals surface area contributed by atoms with Crippen molar-refractivity contribution in [2.24, 2.45) is 11.7 Å². The van der Waals surface area contributed by atoms with Crippen molar-refractivity contribution in [3.8, 4) is 0 Å². The number of nitrogens with two attached hydrogens (primary N) is 1. The summed E-state index contributed by atoms with van der Waals surface area (Å²) in [5.74, 6) is 2.20. The van der Waals surface area contributed by atoms with Crippen molar-refractivity contribution in [3.05, 3.63) is 0 Å². The van der Waals surface area contributed by atoms with Crippen LogP contribution < -0.4 is 5.73 Å². The summed E-state index contributed by atoms with van der Waals surface area (Å²) in [7, 11) is 0. The Balaban J connectivity index is 2.11. The van der Waals surface area contributed by atoms with Gasteiger partial charge in [0, 0.05) is 24.1 Å². The molecule has 0 aromatic rings. The summed E-state index contributed by atoms with van der Waals surface area (Å²) < 4.78 is 0. The van der Waals surface area contributed by atoms with Crippen LogP contribution in [0.25, 0.3) is 0 Å². The molecule has 0 spiro atoms. The van der Waals surface area contributed by atoms with E-state index in [9.17, 15) is 0 Å². The van der Waals surface area contributed by atoms with Crippen molar-refractivity contribution in [2.45, 2.75) is 51.2 Å². The first-order valence-corrected chi connectivity index (χ1v) is 8.35. The van der Waals surface area contributed by atoms with E-state index in [1.165, 1.54) is 57.5 Å². The Labute approximate surface area is 112 Å². The Morgan fingerprint density at radius 1 is 1.35 bits per heavy atom. The van der Waals surface area contributed by atoms with Crippen molar-refractivity contribution < 1.29 is 0 Å². The van der Waals surface area contributed by atoms with Crippen molar-refractivity contribution >= 4 is 11.8 Å². The summed E-state index contributed by atoms with van der Waals surface area (Å²) in [6, 6.07) is 0. The van der Waals surface area contributed by atoms with Gasteiger partial charge < -0.3 is 10.6 Å². The molecule has 1 saturated heterocycles. The highest BCUT2D eigenvalue weighted by Crippen LogP contribution is 2.20. The van der Waals surface area contributed by atoms with Gasteiger partial charge in [0.15, 0.2) is 0 Å². The quantitative estimate of drug-likeness (QED) is 0.726. The van der Waals surface area contributed by atoms with Crippen molar-refractivity contribution in [1.82, 2.24) is 4.90 Å². The molecule has 0 saturated carbocycles. The molecule has 102 valence electrons. The van der Waals surface area contributed by atoms with Crippen LogP contribution in [-0.4, -0.2) is 42.1 Å². The van der Waals surface area contributed by atoms with Crippen molar-refractivity contribution in [2.75, 3.05) is 31.9 Å². The number of nitrogens with zero attached hydrogens (tertiary/aromatic N) is 1. The van der Waals surface area contributed by atoms with Crippen LogP contribution >= 0.6 is 11.8 Å². The molecule has 2 nitrogen and oxygen atoms in total. The lowest BCUT2D eigenvalue weighted by Gasteiger charge is -2.30. The van der Waals surface area contributed by atoms with Gasteiger partial charge in [-0.2, -0.15) is 11.8 Å². The molecule has 1 heterocycles. The Bertz CT molecular complexity index is 176. The highest BCUT2D eigenvalue weighted by Gasteiger charge is 2.16. The van der Waals surface area contributed by atoms with Crippen LogP contribution in [0.5, 0.6) is 0 Å². The third kappa shape index (κ3) is 6.68. The summed E-state index contributed by atoms with van der Waals surface area (Å²) in [6.45, 7) is 9.39. The Morgan fingerprint density at radius 2 is 2.18 bits per heavy atom. The molecule has 1 aliphatic heterocycles. The lowest BCUT2D eigenvalue weighted by Crippen LogP contribution is -2.37. The molecular weight excluding hydrogens is 228 g/mol. The van der Waals surface area contributed by atoms with Crippen molar-refractivity contribution in [3.63, 3.8) is 0 Å². The van der Waals surface area contributed by atoms with Gasteiger partial charge in [-0.1, -0.05) is 26.7 Å². The van der Waals surface area contributed by atoms with Crippen LogP contribution in [0.4, 0.5) is 0 Å². The summed E-state index contributed by atoms with van der Waals surface area (Å²) >= 11 is 2.12. The van der Waals surface area contributed by atoms with E-state index in [-0.39, 0.29) is 0 Å². The summed E-state index contributed by atoms with van der Waals surface area (Å²) in [5.41, 5.74) is 5.68. The molecule has 0 aromatic carbocycles. The molecule has 17 heavy (non-hydrogen) atoms. The minimum atomic E-state index is 0.833. The van der Waals surface area contributed by atoms with Gasteiger partial charge in [-0.05, 0) is 38.3 Å². The maximum absolute atomic E-state index is 5.68. The normalized spacial score (nSPS) is 23.8. The fourth-order valence-electron chi connectivity index (χ4n) is 2.77. The van der Waals surface area contributed by atoms with E-state index in [0.29, 0.717) is 0 Å². The molecule has 0 radical (unpaired) electrons. The van der Waals surface area contributed by atoms with Gasteiger partial charge >= 0.3 is 0 Å². The highest BCUT2D eigenvalue weighted by molar-refractivity contribution is 7.99. The van der Waals surface area contributed by atoms with Gasteiger partial charge in [-0.15, -0.1) is 0 Å². The zero-order chi connectivity index (χ0) is 12.5. The van der Waals surface area contributed by atoms with Crippen molar-refractivity contribution in [1.29, 1.82) is 0 Å². The van der Waals surface area contributed by atoms with Crippen LogP contribution in [0.15, 0.2) is 0 Å². The predicted octanol–water partition coefficient (Wildman–Crippen LogP) is 2.97. The maximum Gasteiger partial charge on any atom is 0.0147 e. The number of hydrogen-bond acceptors (Lipinski definition) is 3. The first-order chi connectivity index (χ1) is 8.26. The molecule has 2 N–H and O–H groups in total. The standard InChI is InChI=1S/C14H30N2S/c1-3-5-14(7-8-15)6-4-9-16-10-11-17-13(2)12-16/h13-14H,3-12,15H2,1-2H3. The average Bonchev–Trinajstić information content (AvgIpc) is 2.30. The average molecular weight is 258 g/mol. The van der Waals surface area contributed by atoms with Gasteiger partial charge in [-0.25, -0.2) is 0 Å². The van der Waals surface area contributed by atoms with Gasteiger partial charge in [0.1, 0.15) is 0 Å². The van der Waals surface area contributed by atoms with Gasteiger partial charge in [-0.3, -0.25) is 0 Å². The van der Waals surface area contributed by atoms with E-state index in [1.807, 2.05) is 0 Å². The molecule has 3 heteroatoms. The molecule has 1 aliphatic rings. The van der Waals surface area contributed by atoms with Gasteiger partial charge in [0.2, 0.25) is 0 Å². The lowest BCUT2D eigenvalue weighted by molar-refractivity contribution is 0.267. The minimum Gasteiger partial charge on any atom is -0.330 e. The van der Waals surface area contributed by atoms with Gasteiger partial charge in [0.25, 0.3) is 0 Å². The smallest absolute Gasteiger partial charge is 0.0147 e. The second kappa shape index (κ2) is 9.23. The van der Waals surface area contributed by atoms with Crippen LogP contribution in [0.1, 0.15) is 46.0 Å². The van der Waals surface area contributed by atoms with Crippen LogP contribution in [-0.2, 0) is 0 Å².